The molecule has 0 bridgehead atoms. The zero-order chi connectivity index (χ0) is 17.4. The fourth-order valence-electron chi connectivity index (χ4n) is 2.68. The lowest BCUT2D eigenvalue weighted by atomic mass is 9.90. The van der Waals surface area contributed by atoms with Crippen LogP contribution in [0.1, 0.15) is 30.4 Å². The summed E-state index contributed by atoms with van der Waals surface area (Å²) in [6.45, 7) is 2.74. The summed E-state index contributed by atoms with van der Waals surface area (Å²) in [6, 6.07) is 17.3. The number of anilines is 1. The van der Waals surface area contributed by atoms with Crippen LogP contribution in [-0.2, 0) is 9.53 Å². The fourth-order valence-corrected chi connectivity index (χ4v) is 2.68. The van der Waals surface area contributed by atoms with Gasteiger partial charge in [0.2, 0.25) is 0 Å². The molecule has 5 heteroatoms. The van der Waals surface area contributed by atoms with Gasteiger partial charge in [0.1, 0.15) is 0 Å². The van der Waals surface area contributed by atoms with Crippen molar-refractivity contribution >= 4 is 11.6 Å². The second-order valence-electron chi connectivity index (χ2n) is 5.65. The van der Waals surface area contributed by atoms with Crippen molar-refractivity contribution in [2.45, 2.75) is 25.3 Å². The van der Waals surface area contributed by atoms with E-state index in [1.54, 1.807) is 12.6 Å². The standard InChI is InChI=1S/C19H24N2O3/c1-3-16(13-24-2)20-17-11-9-15(10-12-17)18(19(22)21-23)14-7-5-4-6-8-14/h4-12,16,18,20,23H,3,13H2,1-2H3,(H,21,22). The Morgan fingerprint density at radius 2 is 1.71 bits per heavy atom. The maximum absolute atomic E-state index is 12.1. The minimum Gasteiger partial charge on any atom is -0.383 e. The fraction of sp³-hybridized carbons (Fsp3) is 0.316. The molecule has 2 aromatic rings. The van der Waals surface area contributed by atoms with Gasteiger partial charge < -0.3 is 10.1 Å². The number of carbonyl (C=O) groups excluding carboxylic acids is 1. The highest BCUT2D eigenvalue weighted by molar-refractivity contribution is 5.86. The Hall–Kier alpha value is -2.37. The maximum atomic E-state index is 12.1. The molecule has 5 nitrogen and oxygen atoms in total. The smallest absolute Gasteiger partial charge is 0.255 e. The van der Waals surface area contributed by atoms with Crippen LogP contribution in [0.2, 0.25) is 0 Å². The van der Waals surface area contributed by atoms with Crippen molar-refractivity contribution in [2.75, 3.05) is 19.0 Å². The summed E-state index contributed by atoms with van der Waals surface area (Å²) in [4.78, 5) is 12.1. The van der Waals surface area contributed by atoms with Crippen LogP contribution in [0.4, 0.5) is 5.69 Å². The minimum absolute atomic E-state index is 0.242. The van der Waals surface area contributed by atoms with Crippen LogP contribution in [0.25, 0.3) is 0 Å². The number of nitrogens with one attached hydrogen (secondary N) is 2. The number of ether oxygens (including phenoxy) is 1. The topological polar surface area (TPSA) is 70.6 Å². The Morgan fingerprint density at radius 3 is 2.25 bits per heavy atom. The van der Waals surface area contributed by atoms with Crippen LogP contribution in [0.15, 0.2) is 54.6 Å². The van der Waals surface area contributed by atoms with Gasteiger partial charge in [-0.15, -0.1) is 0 Å². The van der Waals surface area contributed by atoms with Gasteiger partial charge in [-0.25, -0.2) is 5.48 Å². The van der Waals surface area contributed by atoms with Crippen LogP contribution in [0, 0.1) is 0 Å². The van der Waals surface area contributed by atoms with Crippen molar-refractivity contribution in [1.82, 2.24) is 5.48 Å². The number of benzene rings is 2. The van der Waals surface area contributed by atoms with Crippen molar-refractivity contribution in [3.05, 3.63) is 65.7 Å². The summed E-state index contributed by atoms with van der Waals surface area (Å²) in [5, 5.41) is 12.5. The summed E-state index contributed by atoms with van der Waals surface area (Å²) in [5.74, 6) is -1.00. The van der Waals surface area contributed by atoms with Gasteiger partial charge in [-0.1, -0.05) is 49.4 Å². The van der Waals surface area contributed by atoms with E-state index in [-0.39, 0.29) is 6.04 Å². The molecule has 2 rings (SSSR count). The highest BCUT2D eigenvalue weighted by atomic mass is 16.5. The summed E-state index contributed by atoms with van der Waals surface area (Å²) in [7, 11) is 1.69. The lowest BCUT2D eigenvalue weighted by Gasteiger charge is -2.19. The van der Waals surface area contributed by atoms with E-state index in [4.69, 9.17) is 9.94 Å². The van der Waals surface area contributed by atoms with Gasteiger partial charge in [0.25, 0.3) is 5.91 Å². The van der Waals surface area contributed by atoms with Gasteiger partial charge in [0, 0.05) is 18.8 Å². The van der Waals surface area contributed by atoms with Crippen molar-refractivity contribution < 1.29 is 14.7 Å². The second-order valence-corrected chi connectivity index (χ2v) is 5.65. The SMILES string of the molecule is CCC(COC)Nc1ccc(C(C(=O)NO)c2ccccc2)cc1. The summed E-state index contributed by atoms with van der Waals surface area (Å²) < 4.78 is 5.19. The van der Waals surface area contributed by atoms with Crippen molar-refractivity contribution in [3.63, 3.8) is 0 Å². The van der Waals surface area contributed by atoms with E-state index in [0.29, 0.717) is 6.61 Å². The molecular formula is C19H24N2O3. The van der Waals surface area contributed by atoms with Crippen molar-refractivity contribution in [3.8, 4) is 0 Å². The zero-order valence-corrected chi connectivity index (χ0v) is 14.0. The van der Waals surface area contributed by atoms with E-state index in [1.165, 1.54) is 0 Å². The Balaban J connectivity index is 2.21. The van der Waals surface area contributed by atoms with E-state index in [2.05, 4.69) is 12.2 Å². The molecule has 0 radical (unpaired) electrons. The van der Waals surface area contributed by atoms with Crippen LogP contribution in [0.3, 0.4) is 0 Å². The average Bonchev–Trinajstić information content (AvgIpc) is 2.63. The third kappa shape index (κ3) is 4.57. The van der Waals surface area contributed by atoms with E-state index < -0.39 is 11.8 Å². The zero-order valence-electron chi connectivity index (χ0n) is 14.0. The monoisotopic (exact) mass is 328 g/mol. The number of rotatable bonds is 8. The van der Waals surface area contributed by atoms with Gasteiger partial charge in [-0.2, -0.15) is 0 Å². The normalized spacial score (nSPS) is 13.1. The van der Waals surface area contributed by atoms with Crippen LogP contribution in [0.5, 0.6) is 0 Å². The first-order valence-corrected chi connectivity index (χ1v) is 8.04. The molecule has 2 aromatic carbocycles. The minimum atomic E-state index is -0.550. The molecule has 1 amide bonds. The molecule has 3 N–H and O–H groups in total. The number of hydroxylamine groups is 1. The molecule has 0 heterocycles. The third-order valence-corrected chi connectivity index (χ3v) is 3.98. The van der Waals surface area contributed by atoms with E-state index in [1.807, 2.05) is 54.6 Å². The van der Waals surface area contributed by atoms with Gasteiger partial charge in [0.05, 0.1) is 12.5 Å². The van der Waals surface area contributed by atoms with E-state index >= 15 is 0 Å². The molecule has 0 spiro atoms. The first-order chi connectivity index (χ1) is 11.7. The van der Waals surface area contributed by atoms with E-state index in [0.717, 1.165) is 23.2 Å². The van der Waals surface area contributed by atoms with Crippen molar-refractivity contribution in [2.24, 2.45) is 0 Å². The molecule has 0 fully saturated rings. The molecule has 2 atom stereocenters. The Morgan fingerprint density at radius 1 is 1.08 bits per heavy atom. The first kappa shape index (κ1) is 18.0. The quantitative estimate of drug-likeness (QED) is 0.514. The molecular weight excluding hydrogens is 304 g/mol. The van der Waals surface area contributed by atoms with Gasteiger partial charge in [-0.3, -0.25) is 10.0 Å². The summed E-state index contributed by atoms with van der Waals surface area (Å²) in [6.07, 6.45) is 0.954. The predicted octanol–water partition coefficient (Wildman–Crippen LogP) is 3.16. The number of carbonyl (C=O) groups is 1. The average molecular weight is 328 g/mol. The number of hydrogen-bond donors (Lipinski definition) is 3. The molecule has 0 saturated carbocycles. The first-order valence-electron chi connectivity index (χ1n) is 8.04. The predicted molar refractivity (Wildman–Crippen MR) is 94.2 cm³/mol. The lowest BCUT2D eigenvalue weighted by molar-refractivity contribution is -0.129. The Bertz CT molecular complexity index is 629. The van der Waals surface area contributed by atoms with Gasteiger partial charge in [-0.05, 0) is 29.7 Å². The molecule has 0 aromatic heterocycles. The maximum Gasteiger partial charge on any atom is 0.255 e. The highest BCUT2D eigenvalue weighted by Gasteiger charge is 2.22. The highest BCUT2D eigenvalue weighted by Crippen LogP contribution is 2.26. The van der Waals surface area contributed by atoms with Crippen LogP contribution < -0.4 is 10.8 Å². The second kappa shape index (κ2) is 9.05. The summed E-state index contributed by atoms with van der Waals surface area (Å²) in [5.41, 5.74) is 4.38. The third-order valence-electron chi connectivity index (χ3n) is 3.98. The molecule has 128 valence electrons. The number of hydrogen-bond acceptors (Lipinski definition) is 4. The largest absolute Gasteiger partial charge is 0.383 e. The number of methoxy groups -OCH3 is 1. The summed E-state index contributed by atoms with van der Waals surface area (Å²) >= 11 is 0. The molecule has 0 aliphatic heterocycles. The molecule has 0 aliphatic carbocycles. The Labute approximate surface area is 142 Å². The lowest BCUT2D eigenvalue weighted by Crippen LogP contribution is -2.27. The van der Waals surface area contributed by atoms with Crippen LogP contribution in [-0.4, -0.2) is 30.9 Å². The molecule has 0 saturated heterocycles. The van der Waals surface area contributed by atoms with Crippen LogP contribution >= 0.6 is 0 Å². The molecule has 24 heavy (non-hydrogen) atoms. The number of amides is 1. The van der Waals surface area contributed by atoms with Gasteiger partial charge >= 0.3 is 0 Å². The van der Waals surface area contributed by atoms with E-state index in [9.17, 15) is 4.79 Å². The van der Waals surface area contributed by atoms with Gasteiger partial charge in [0.15, 0.2) is 0 Å². The molecule has 2 unspecified atom stereocenters. The molecule has 0 aliphatic rings. The Kier molecular flexibility index (Phi) is 6.78. The van der Waals surface area contributed by atoms with Crippen molar-refractivity contribution in [1.29, 1.82) is 0 Å².